The van der Waals surface area contributed by atoms with E-state index in [9.17, 15) is 13.2 Å². The topological polar surface area (TPSA) is 75.7 Å². The fourth-order valence-corrected chi connectivity index (χ4v) is 2.93. The first-order valence-electron chi connectivity index (χ1n) is 7.19. The zero-order chi connectivity index (χ0) is 18.4. The molecule has 0 fully saturated rings. The fourth-order valence-electron chi connectivity index (χ4n) is 1.94. The van der Waals surface area contributed by atoms with E-state index in [1.165, 1.54) is 18.1 Å². The van der Waals surface area contributed by atoms with Crippen LogP contribution in [0, 0.1) is 0 Å². The number of sulfonamides is 1. The summed E-state index contributed by atoms with van der Waals surface area (Å²) in [6.07, 6.45) is 0.956. The highest BCUT2D eigenvalue weighted by Gasteiger charge is 2.11. The van der Waals surface area contributed by atoms with E-state index in [0.717, 1.165) is 5.41 Å². The van der Waals surface area contributed by atoms with Crippen LogP contribution in [0.2, 0.25) is 5.02 Å². The molecule has 1 amide bonds. The van der Waals surface area contributed by atoms with Crippen LogP contribution in [0.1, 0.15) is 5.56 Å². The van der Waals surface area contributed by atoms with Gasteiger partial charge in [-0.3, -0.25) is 9.62 Å². The zero-order valence-corrected chi connectivity index (χ0v) is 15.2. The van der Waals surface area contributed by atoms with Crippen LogP contribution in [0.3, 0.4) is 0 Å². The standard InChI is InChI=1S/C17H17ClN2O4S/c1-20(17(21)24-2)16-9-7-15(8-10-16)19-25(22,23)12-11-13-3-5-14(18)6-4-13/h3-12,19H,1-2H3. The molecule has 25 heavy (non-hydrogen) atoms. The number of amides is 1. The Morgan fingerprint density at radius 3 is 2.28 bits per heavy atom. The highest BCUT2D eigenvalue weighted by molar-refractivity contribution is 7.95. The SMILES string of the molecule is COC(=O)N(C)c1ccc(NS(=O)(=O)C=Cc2ccc(Cl)cc2)cc1. The van der Waals surface area contributed by atoms with E-state index in [2.05, 4.69) is 9.46 Å². The van der Waals surface area contributed by atoms with Crippen molar-refractivity contribution in [3.63, 3.8) is 0 Å². The van der Waals surface area contributed by atoms with Crippen molar-refractivity contribution in [1.82, 2.24) is 0 Å². The molecular formula is C17H17ClN2O4S. The summed E-state index contributed by atoms with van der Waals surface area (Å²) in [5, 5.41) is 1.65. The minimum absolute atomic E-state index is 0.378. The smallest absolute Gasteiger partial charge is 0.413 e. The number of carbonyl (C=O) groups excluding carboxylic acids is 1. The Bertz CT molecular complexity index is 863. The van der Waals surface area contributed by atoms with Gasteiger partial charge < -0.3 is 4.74 Å². The summed E-state index contributed by atoms with van der Waals surface area (Å²) < 4.78 is 31.3. The maximum absolute atomic E-state index is 12.1. The summed E-state index contributed by atoms with van der Waals surface area (Å²) in [4.78, 5) is 12.7. The van der Waals surface area contributed by atoms with Crippen LogP contribution in [0.5, 0.6) is 0 Å². The van der Waals surface area contributed by atoms with Gasteiger partial charge in [0, 0.05) is 23.4 Å². The molecule has 1 N–H and O–H groups in total. The van der Waals surface area contributed by atoms with Crippen molar-refractivity contribution in [2.75, 3.05) is 23.8 Å². The number of benzene rings is 2. The summed E-state index contributed by atoms with van der Waals surface area (Å²) in [5.41, 5.74) is 1.67. The minimum Gasteiger partial charge on any atom is -0.452 e. The molecule has 8 heteroatoms. The maximum atomic E-state index is 12.1. The van der Waals surface area contributed by atoms with E-state index in [-0.39, 0.29) is 0 Å². The average Bonchev–Trinajstić information content (AvgIpc) is 2.60. The lowest BCUT2D eigenvalue weighted by atomic mass is 10.2. The number of nitrogens with one attached hydrogen (secondary N) is 1. The van der Waals surface area contributed by atoms with Gasteiger partial charge in [-0.2, -0.15) is 0 Å². The number of anilines is 2. The lowest BCUT2D eigenvalue weighted by Gasteiger charge is -2.15. The molecule has 132 valence electrons. The molecule has 0 aliphatic rings. The Hall–Kier alpha value is -2.51. The second kappa shape index (κ2) is 8.04. The lowest BCUT2D eigenvalue weighted by molar-refractivity contribution is 0.180. The van der Waals surface area contributed by atoms with Crippen LogP contribution in [0.25, 0.3) is 6.08 Å². The molecule has 0 aliphatic heterocycles. The molecule has 0 spiro atoms. The Morgan fingerprint density at radius 2 is 1.72 bits per heavy atom. The van der Waals surface area contributed by atoms with Gasteiger partial charge in [0.05, 0.1) is 12.5 Å². The van der Waals surface area contributed by atoms with Crippen molar-refractivity contribution in [3.8, 4) is 0 Å². The summed E-state index contributed by atoms with van der Waals surface area (Å²) in [5.74, 6) is 0. The summed E-state index contributed by atoms with van der Waals surface area (Å²) in [6, 6.07) is 13.1. The van der Waals surface area contributed by atoms with Gasteiger partial charge in [-0.05, 0) is 48.0 Å². The van der Waals surface area contributed by atoms with Gasteiger partial charge in [-0.15, -0.1) is 0 Å². The number of ether oxygens (including phenoxy) is 1. The molecule has 0 saturated carbocycles. The summed E-state index contributed by atoms with van der Waals surface area (Å²) in [6.45, 7) is 0. The number of carbonyl (C=O) groups is 1. The predicted molar refractivity (Wildman–Crippen MR) is 100 cm³/mol. The summed E-state index contributed by atoms with van der Waals surface area (Å²) in [7, 11) is -0.824. The largest absolute Gasteiger partial charge is 0.452 e. The monoisotopic (exact) mass is 380 g/mol. The van der Waals surface area contributed by atoms with Gasteiger partial charge in [0.2, 0.25) is 0 Å². The lowest BCUT2D eigenvalue weighted by Crippen LogP contribution is -2.25. The molecule has 0 aromatic heterocycles. The van der Waals surface area contributed by atoms with Crippen molar-refractivity contribution in [3.05, 3.63) is 64.5 Å². The van der Waals surface area contributed by atoms with E-state index < -0.39 is 16.1 Å². The number of hydrogen-bond donors (Lipinski definition) is 1. The van der Waals surface area contributed by atoms with Gasteiger partial charge in [0.25, 0.3) is 10.0 Å². The third-order valence-corrected chi connectivity index (χ3v) is 4.54. The van der Waals surface area contributed by atoms with Crippen LogP contribution >= 0.6 is 11.6 Å². The molecule has 0 unspecified atom stereocenters. The van der Waals surface area contributed by atoms with Gasteiger partial charge in [-0.1, -0.05) is 23.7 Å². The molecule has 0 saturated heterocycles. The molecule has 0 aliphatic carbocycles. The molecule has 6 nitrogen and oxygen atoms in total. The first-order chi connectivity index (χ1) is 11.8. The molecule has 0 radical (unpaired) electrons. The molecular weight excluding hydrogens is 364 g/mol. The van der Waals surface area contributed by atoms with Crippen molar-refractivity contribution in [2.24, 2.45) is 0 Å². The fraction of sp³-hybridized carbons (Fsp3) is 0.118. The van der Waals surface area contributed by atoms with E-state index in [4.69, 9.17) is 11.6 Å². The Morgan fingerprint density at radius 1 is 1.12 bits per heavy atom. The molecule has 0 bridgehead atoms. The number of halogens is 1. The number of rotatable bonds is 5. The third-order valence-electron chi connectivity index (χ3n) is 3.27. The predicted octanol–water partition coefficient (Wildman–Crippen LogP) is 3.96. The highest BCUT2D eigenvalue weighted by atomic mass is 35.5. The maximum Gasteiger partial charge on any atom is 0.413 e. The molecule has 0 heterocycles. The second-order valence-electron chi connectivity index (χ2n) is 5.08. The average molecular weight is 381 g/mol. The summed E-state index contributed by atoms with van der Waals surface area (Å²) >= 11 is 5.79. The Balaban J connectivity index is 2.07. The van der Waals surface area contributed by atoms with E-state index in [1.54, 1.807) is 55.6 Å². The van der Waals surface area contributed by atoms with Crippen molar-refractivity contribution < 1.29 is 17.9 Å². The first kappa shape index (κ1) is 18.8. The van der Waals surface area contributed by atoms with Crippen LogP contribution in [-0.2, 0) is 14.8 Å². The third kappa shape index (κ3) is 5.51. The van der Waals surface area contributed by atoms with Crippen molar-refractivity contribution in [1.29, 1.82) is 0 Å². The normalized spacial score (nSPS) is 11.3. The van der Waals surface area contributed by atoms with Gasteiger partial charge in [-0.25, -0.2) is 13.2 Å². The molecule has 2 rings (SSSR count). The highest BCUT2D eigenvalue weighted by Crippen LogP contribution is 2.19. The van der Waals surface area contributed by atoms with Crippen LogP contribution in [0.4, 0.5) is 16.2 Å². The van der Waals surface area contributed by atoms with E-state index in [1.807, 2.05) is 0 Å². The number of hydrogen-bond acceptors (Lipinski definition) is 4. The first-order valence-corrected chi connectivity index (χ1v) is 9.11. The number of nitrogens with zero attached hydrogens (tertiary/aromatic N) is 1. The van der Waals surface area contributed by atoms with Crippen molar-refractivity contribution in [2.45, 2.75) is 0 Å². The van der Waals surface area contributed by atoms with Gasteiger partial charge in [0.15, 0.2) is 0 Å². The second-order valence-corrected chi connectivity index (χ2v) is 7.08. The van der Waals surface area contributed by atoms with Crippen LogP contribution in [0.15, 0.2) is 53.9 Å². The minimum atomic E-state index is -3.67. The van der Waals surface area contributed by atoms with E-state index in [0.29, 0.717) is 22.0 Å². The molecule has 2 aromatic carbocycles. The quantitative estimate of drug-likeness (QED) is 0.851. The van der Waals surface area contributed by atoms with Gasteiger partial charge in [0.1, 0.15) is 0 Å². The van der Waals surface area contributed by atoms with Gasteiger partial charge >= 0.3 is 6.09 Å². The molecule has 0 atom stereocenters. The Kier molecular flexibility index (Phi) is 6.06. The molecule has 2 aromatic rings. The Labute approximate surface area is 151 Å². The zero-order valence-electron chi connectivity index (χ0n) is 13.6. The van der Waals surface area contributed by atoms with Crippen molar-refractivity contribution >= 4 is 45.2 Å². The van der Waals surface area contributed by atoms with Crippen LogP contribution in [-0.4, -0.2) is 28.7 Å². The van der Waals surface area contributed by atoms with Crippen LogP contribution < -0.4 is 9.62 Å². The number of methoxy groups -OCH3 is 1. The van der Waals surface area contributed by atoms with E-state index >= 15 is 0 Å².